The second-order valence-corrected chi connectivity index (χ2v) is 22.9. The Morgan fingerprint density at radius 2 is 0.851 bits per heavy atom. The third-order valence-corrected chi connectivity index (χ3v) is 19.8. The summed E-state index contributed by atoms with van der Waals surface area (Å²) in [4.78, 5) is 0. The van der Waals surface area contributed by atoms with Gasteiger partial charge in [-0.15, -0.1) is 0 Å². The summed E-state index contributed by atoms with van der Waals surface area (Å²) in [5.41, 5.74) is 1.22. The Morgan fingerprint density at radius 1 is 0.532 bits per heavy atom. The predicted octanol–water partition coefficient (Wildman–Crippen LogP) is 7.95. The van der Waals surface area contributed by atoms with E-state index in [1.165, 1.54) is 26.3 Å². The Bertz CT molecular complexity index is 1490. The van der Waals surface area contributed by atoms with Crippen LogP contribution in [-0.4, -0.2) is 35.5 Å². The summed E-state index contributed by atoms with van der Waals surface area (Å²) >= 11 is 0. The molecule has 0 amide bonds. The standard InChI is InChI=1S/C40H47O4PSi2/c1-35(29-30-36-19-9-4-10-20-36)44-45(41,42-31-33-46(2,37-21-11-5-12-22-37)38-23-13-6-14-24-38)43-32-34-47(3,39-25-15-7-16-26-39)40-27-17-8-18-28-40/h4-28,35H,29-34H2,1-3H3. The molecule has 1 unspecified atom stereocenters. The SMILES string of the molecule is CC(CCc1ccccc1)OP(=O)(OCC[Si](C)(c1ccccc1)c1ccccc1)OCC[Si](C)(c1ccccc1)c1ccccc1. The van der Waals surface area contributed by atoms with Crippen molar-refractivity contribution in [3.63, 3.8) is 0 Å². The summed E-state index contributed by atoms with van der Waals surface area (Å²) < 4.78 is 33.3. The highest BCUT2D eigenvalue weighted by Crippen LogP contribution is 2.51. The lowest BCUT2D eigenvalue weighted by Crippen LogP contribution is -2.56. The largest absolute Gasteiger partial charge is 0.475 e. The fraction of sp³-hybridized carbons (Fsp3) is 0.250. The molecule has 0 aliphatic heterocycles. The number of phosphoric acid groups is 1. The smallest absolute Gasteiger partial charge is 0.287 e. The average Bonchev–Trinajstić information content (AvgIpc) is 3.12. The zero-order valence-corrected chi connectivity index (χ0v) is 30.7. The van der Waals surface area contributed by atoms with E-state index >= 15 is 0 Å². The predicted molar refractivity (Wildman–Crippen MR) is 202 cm³/mol. The molecular formula is C40H47O4PSi2. The number of hydrogen-bond donors (Lipinski definition) is 0. The molecule has 1 atom stereocenters. The molecule has 5 rings (SSSR count). The van der Waals surface area contributed by atoms with Crippen LogP contribution in [0.2, 0.25) is 25.2 Å². The molecule has 7 heteroatoms. The van der Waals surface area contributed by atoms with Gasteiger partial charge in [0, 0.05) is 0 Å². The number of hydrogen-bond acceptors (Lipinski definition) is 4. The van der Waals surface area contributed by atoms with Crippen LogP contribution in [0.3, 0.4) is 0 Å². The Labute approximate surface area is 283 Å². The minimum Gasteiger partial charge on any atom is -0.287 e. The van der Waals surface area contributed by atoms with Crippen LogP contribution in [0.5, 0.6) is 0 Å². The van der Waals surface area contributed by atoms with Gasteiger partial charge in [0.1, 0.15) is 16.1 Å². The van der Waals surface area contributed by atoms with Gasteiger partial charge >= 0.3 is 7.82 Å². The van der Waals surface area contributed by atoms with Gasteiger partial charge < -0.3 is 0 Å². The monoisotopic (exact) mass is 678 g/mol. The summed E-state index contributed by atoms with van der Waals surface area (Å²) in [6, 6.07) is 54.4. The lowest BCUT2D eigenvalue weighted by Gasteiger charge is -2.31. The maximum atomic E-state index is 14.5. The number of phosphoric ester groups is 1. The fourth-order valence-corrected chi connectivity index (χ4v) is 14.5. The minimum atomic E-state index is -3.89. The molecule has 0 aliphatic rings. The van der Waals surface area contributed by atoms with Crippen molar-refractivity contribution in [1.82, 2.24) is 0 Å². The van der Waals surface area contributed by atoms with E-state index in [2.05, 4.69) is 147 Å². The highest BCUT2D eigenvalue weighted by Gasteiger charge is 2.37. The Morgan fingerprint density at radius 3 is 1.19 bits per heavy atom. The molecule has 5 aromatic rings. The van der Waals surface area contributed by atoms with E-state index in [4.69, 9.17) is 13.6 Å². The Kier molecular flexibility index (Phi) is 12.4. The Balaban J connectivity index is 1.34. The van der Waals surface area contributed by atoms with E-state index in [9.17, 15) is 4.57 Å². The first kappa shape index (κ1) is 35.0. The van der Waals surface area contributed by atoms with Crippen molar-refractivity contribution in [2.75, 3.05) is 13.2 Å². The van der Waals surface area contributed by atoms with Crippen LogP contribution in [0.4, 0.5) is 0 Å². The van der Waals surface area contributed by atoms with E-state index in [0.717, 1.165) is 18.5 Å². The first-order chi connectivity index (χ1) is 22.8. The summed E-state index contributed by atoms with van der Waals surface area (Å²) in [5.74, 6) is 0. The van der Waals surface area contributed by atoms with Gasteiger partial charge in [-0.3, -0.25) is 13.6 Å². The topological polar surface area (TPSA) is 44.8 Å². The lowest BCUT2D eigenvalue weighted by atomic mass is 10.1. The van der Waals surface area contributed by atoms with Crippen molar-refractivity contribution in [2.24, 2.45) is 0 Å². The molecule has 5 aromatic carbocycles. The van der Waals surface area contributed by atoms with Gasteiger partial charge in [0.05, 0.1) is 19.3 Å². The molecule has 0 heterocycles. The van der Waals surface area contributed by atoms with Gasteiger partial charge in [-0.05, 0) is 37.4 Å². The van der Waals surface area contributed by atoms with Crippen LogP contribution in [0.1, 0.15) is 18.9 Å². The van der Waals surface area contributed by atoms with E-state index in [0.29, 0.717) is 6.42 Å². The molecule has 0 N–H and O–H groups in total. The highest BCUT2D eigenvalue weighted by molar-refractivity contribution is 7.48. The molecular weight excluding hydrogens is 632 g/mol. The first-order valence-corrected chi connectivity index (χ1v) is 23.5. The highest BCUT2D eigenvalue weighted by atomic mass is 31.2. The van der Waals surface area contributed by atoms with E-state index in [1.807, 2.05) is 25.1 Å². The van der Waals surface area contributed by atoms with Crippen molar-refractivity contribution < 1.29 is 18.1 Å². The van der Waals surface area contributed by atoms with Crippen LogP contribution in [-0.2, 0) is 24.6 Å². The van der Waals surface area contributed by atoms with E-state index in [-0.39, 0.29) is 19.3 Å². The van der Waals surface area contributed by atoms with Crippen LogP contribution in [0, 0.1) is 0 Å². The van der Waals surface area contributed by atoms with Gasteiger partial charge in [0.25, 0.3) is 0 Å². The van der Waals surface area contributed by atoms with Gasteiger partial charge in [-0.1, -0.05) is 186 Å². The summed E-state index contributed by atoms with van der Waals surface area (Å²) in [7, 11) is -8.29. The van der Waals surface area contributed by atoms with Crippen LogP contribution < -0.4 is 20.7 Å². The molecule has 0 saturated carbocycles. The Hall–Kier alpha value is -3.36. The number of rotatable bonds is 17. The minimum absolute atomic E-state index is 0.279. The maximum Gasteiger partial charge on any atom is 0.475 e. The summed E-state index contributed by atoms with van der Waals surface area (Å²) in [6.07, 6.45) is 1.23. The number of benzene rings is 5. The molecule has 0 spiro atoms. The quantitative estimate of drug-likeness (QED) is 0.0740. The first-order valence-electron chi connectivity index (χ1n) is 16.6. The van der Waals surface area contributed by atoms with E-state index in [1.54, 1.807) is 0 Å². The van der Waals surface area contributed by atoms with Crippen molar-refractivity contribution >= 4 is 44.7 Å². The van der Waals surface area contributed by atoms with Gasteiger partial charge in [0.2, 0.25) is 0 Å². The number of aryl methyl sites for hydroxylation is 1. The van der Waals surface area contributed by atoms with Crippen LogP contribution in [0.15, 0.2) is 152 Å². The molecule has 244 valence electrons. The molecule has 0 fully saturated rings. The molecule has 0 radical (unpaired) electrons. The van der Waals surface area contributed by atoms with Crippen molar-refractivity contribution in [1.29, 1.82) is 0 Å². The van der Waals surface area contributed by atoms with Gasteiger partial charge in [-0.2, -0.15) is 0 Å². The maximum absolute atomic E-state index is 14.5. The zero-order chi connectivity index (χ0) is 33.0. The van der Waals surface area contributed by atoms with Crippen molar-refractivity contribution in [3.8, 4) is 0 Å². The fourth-order valence-electron chi connectivity index (χ4n) is 6.24. The lowest BCUT2D eigenvalue weighted by molar-refractivity contribution is 0.0873. The second kappa shape index (κ2) is 16.7. The normalized spacial score (nSPS) is 12.9. The van der Waals surface area contributed by atoms with Crippen LogP contribution >= 0.6 is 7.82 Å². The third-order valence-electron chi connectivity index (χ3n) is 9.34. The second-order valence-electron chi connectivity index (χ2n) is 12.7. The van der Waals surface area contributed by atoms with Crippen LogP contribution in [0.25, 0.3) is 0 Å². The van der Waals surface area contributed by atoms with Crippen molar-refractivity contribution in [2.45, 2.75) is 51.1 Å². The molecule has 47 heavy (non-hydrogen) atoms. The molecule has 4 nitrogen and oxygen atoms in total. The third kappa shape index (κ3) is 9.38. The van der Waals surface area contributed by atoms with Crippen molar-refractivity contribution in [3.05, 3.63) is 157 Å². The van der Waals surface area contributed by atoms with E-state index < -0.39 is 24.0 Å². The molecule has 0 aliphatic carbocycles. The average molecular weight is 679 g/mol. The summed E-state index contributed by atoms with van der Waals surface area (Å²) in [5, 5.41) is 5.26. The zero-order valence-electron chi connectivity index (χ0n) is 27.8. The molecule has 0 bridgehead atoms. The molecule has 0 saturated heterocycles. The van der Waals surface area contributed by atoms with Gasteiger partial charge in [0.15, 0.2) is 0 Å². The van der Waals surface area contributed by atoms with Gasteiger partial charge in [-0.25, -0.2) is 4.57 Å². The molecule has 0 aromatic heterocycles. The summed E-state index contributed by atoms with van der Waals surface area (Å²) in [6.45, 7) is 7.23.